The van der Waals surface area contributed by atoms with Gasteiger partial charge < -0.3 is 0 Å². The molecule has 0 saturated carbocycles. The van der Waals surface area contributed by atoms with Crippen LogP contribution in [0.15, 0.2) is 176 Å². The molecule has 0 unspecified atom stereocenters. The van der Waals surface area contributed by atoms with E-state index >= 15 is 0 Å². The standard InChI is InChI=1S/C47H29N9/c1-3-15-30(16-4-1)43-50-44(31-17-5-2-6-18-31)52-45(51-43)54-37-22-10-7-19-33(37)34-28-27-32(29-42(34)54)53-46-48-35-20-8-11-23-38(35)55(46)40-25-13-14-26-41(40)56-39-24-12-9-21-36(39)49-47(53)56/h1-29H. The van der Waals surface area contributed by atoms with Gasteiger partial charge in [-0.1, -0.05) is 121 Å². The summed E-state index contributed by atoms with van der Waals surface area (Å²) in [6.45, 7) is 0. The van der Waals surface area contributed by atoms with Crippen molar-refractivity contribution in [2.45, 2.75) is 0 Å². The predicted octanol–water partition coefficient (Wildman–Crippen LogP) is 10.4. The highest BCUT2D eigenvalue weighted by atomic mass is 15.3. The number of benzene rings is 7. The van der Waals surface area contributed by atoms with Crippen LogP contribution in [-0.2, 0) is 0 Å². The third kappa shape index (κ3) is 4.45. The Morgan fingerprint density at radius 3 is 1.36 bits per heavy atom. The van der Waals surface area contributed by atoms with Gasteiger partial charge in [0.05, 0.1) is 49.8 Å². The quantitative estimate of drug-likeness (QED) is 0.181. The van der Waals surface area contributed by atoms with Crippen molar-refractivity contribution in [3.05, 3.63) is 176 Å². The van der Waals surface area contributed by atoms with E-state index in [2.05, 4.69) is 121 Å². The number of fused-ring (bicyclic) bond motifs is 12. The Labute approximate surface area is 318 Å². The molecule has 0 aliphatic heterocycles. The molecule has 5 heterocycles. The monoisotopic (exact) mass is 719 g/mol. The van der Waals surface area contributed by atoms with Gasteiger partial charge in [-0.15, -0.1) is 0 Å². The van der Waals surface area contributed by atoms with Crippen LogP contribution in [0, 0.1) is 0 Å². The topological polar surface area (TPSA) is 83.1 Å². The van der Waals surface area contributed by atoms with Crippen LogP contribution in [0.4, 0.5) is 0 Å². The Morgan fingerprint density at radius 1 is 0.321 bits per heavy atom. The van der Waals surface area contributed by atoms with Gasteiger partial charge in [0.25, 0.3) is 0 Å². The van der Waals surface area contributed by atoms with Gasteiger partial charge in [-0.05, 0) is 54.6 Å². The molecule has 0 aliphatic carbocycles. The summed E-state index contributed by atoms with van der Waals surface area (Å²) in [5.74, 6) is 3.22. The first-order valence-corrected chi connectivity index (χ1v) is 18.5. The molecule has 9 heteroatoms. The van der Waals surface area contributed by atoms with Crippen LogP contribution in [0.1, 0.15) is 0 Å². The molecule has 0 fully saturated rings. The third-order valence-electron chi connectivity index (χ3n) is 10.7. The summed E-state index contributed by atoms with van der Waals surface area (Å²) in [4.78, 5) is 26.0. The Bertz CT molecular complexity index is 3370. The fraction of sp³-hybridized carbons (Fsp3) is 0. The fourth-order valence-corrected chi connectivity index (χ4v) is 8.18. The zero-order chi connectivity index (χ0) is 36.7. The Hall–Kier alpha value is -7.91. The van der Waals surface area contributed by atoms with E-state index in [1.54, 1.807) is 0 Å². The van der Waals surface area contributed by atoms with Crippen molar-refractivity contribution < 1.29 is 0 Å². The summed E-state index contributed by atoms with van der Waals surface area (Å²) in [5, 5.41) is 2.17. The van der Waals surface area contributed by atoms with E-state index in [0.29, 0.717) is 17.6 Å². The molecular formula is C47H29N9. The molecule has 0 atom stereocenters. The predicted molar refractivity (Wildman–Crippen MR) is 223 cm³/mol. The summed E-state index contributed by atoms with van der Waals surface area (Å²) in [7, 11) is 0. The lowest BCUT2D eigenvalue weighted by Crippen LogP contribution is -2.07. The van der Waals surface area contributed by atoms with Crippen molar-refractivity contribution in [1.82, 2.24) is 42.9 Å². The fourth-order valence-electron chi connectivity index (χ4n) is 8.18. The highest BCUT2D eigenvalue weighted by Crippen LogP contribution is 2.35. The second-order valence-corrected chi connectivity index (χ2v) is 13.9. The minimum atomic E-state index is 0.531. The summed E-state index contributed by atoms with van der Waals surface area (Å²) < 4.78 is 8.84. The van der Waals surface area contributed by atoms with E-state index in [1.165, 1.54) is 0 Å². The number of hydrogen-bond donors (Lipinski definition) is 0. The van der Waals surface area contributed by atoms with Crippen LogP contribution in [0.25, 0.3) is 101 Å². The molecule has 0 spiro atoms. The molecule has 7 aromatic carbocycles. The lowest BCUT2D eigenvalue weighted by Gasteiger charge is -2.12. The maximum atomic E-state index is 5.33. The van der Waals surface area contributed by atoms with E-state index in [-0.39, 0.29) is 0 Å². The van der Waals surface area contributed by atoms with Gasteiger partial charge in [0, 0.05) is 21.9 Å². The summed E-state index contributed by atoms with van der Waals surface area (Å²) in [6, 6.07) is 60.3. The van der Waals surface area contributed by atoms with Crippen LogP contribution < -0.4 is 0 Å². The van der Waals surface area contributed by atoms with Crippen molar-refractivity contribution in [3.63, 3.8) is 0 Å². The first-order chi connectivity index (χ1) is 27.8. The maximum Gasteiger partial charge on any atom is 0.238 e. The average Bonchev–Trinajstić information content (AvgIpc) is 3.92. The van der Waals surface area contributed by atoms with Crippen molar-refractivity contribution in [3.8, 4) is 34.4 Å². The molecule has 0 saturated heterocycles. The smallest absolute Gasteiger partial charge is 0.238 e. The second-order valence-electron chi connectivity index (χ2n) is 13.9. The Kier molecular flexibility index (Phi) is 6.43. The number of rotatable bonds is 4. The normalized spacial score (nSPS) is 11.9. The molecule has 262 valence electrons. The van der Waals surface area contributed by atoms with Crippen molar-refractivity contribution in [2.75, 3.05) is 0 Å². The molecule has 12 aromatic rings. The molecule has 0 bridgehead atoms. The van der Waals surface area contributed by atoms with Crippen LogP contribution in [0.2, 0.25) is 0 Å². The molecule has 0 radical (unpaired) electrons. The third-order valence-corrected chi connectivity index (χ3v) is 10.7. The number of nitrogens with zero attached hydrogens (tertiary/aromatic N) is 9. The molecule has 56 heavy (non-hydrogen) atoms. The largest absolute Gasteiger partial charge is 0.278 e. The molecule has 5 aromatic heterocycles. The van der Waals surface area contributed by atoms with Gasteiger partial charge in [0.2, 0.25) is 17.5 Å². The molecule has 0 N–H and O–H groups in total. The molecule has 9 nitrogen and oxygen atoms in total. The zero-order valence-corrected chi connectivity index (χ0v) is 29.8. The van der Waals surface area contributed by atoms with Crippen LogP contribution >= 0.6 is 0 Å². The van der Waals surface area contributed by atoms with Crippen molar-refractivity contribution >= 4 is 66.5 Å². The highest BCUT2D eigenvalue weighted by molar-refractivity contribution is 6.09. The van der Waals surface area contributed by atoms with E-state index in [1.807, 2.05) is 72.8 Å². The van der Waals surface area contributed by atoms with Crippen LogP contribution in [-0.4, -0.2) is 42.9 Å². The van der Waals surface area contributed by atoms with Gasteiger partial charge in [0.15, 0.2) is 11.6 Å². The zero-order valence-electron chi connectivity index (χ0n) is 29.8. The van der Waals surface area contributed by atoms with E-state index in [9.17, 15) is 0 Å². The maximum absolute atomic E-state index is 5.33. The lowest BCUT2D eigenvalue weighted by molar-refractivity contribution is 0.952. The van der Waals surface area contributed by atoms with E-state index in [4.69, 9.17) is 24.9 Å². The molecule has 12 rings (SSSR count). The van der Waals surface area contributed by atoms with Crippen molar-refractivity contribution in [1.29, 1.82) is 0 Å². The Morgan fingerprint density at radius 2 is 0.786 bits per heavy atom. The second kappa shape index (κ2) is 11.8. The molecular weight excluding hydrogens is 691 g/mol. The van der Waals surface area contributed by atoms with Gasteiger partial charge in [-0.2, -0.15) is 9.97 Å². The minimum Gasteiger partial charge on any atom is -0.278 e. The first kappa shape index (κ1) is 30.5. The van der Waals surface area contributed by atoms with Crippen molar-refractivity contribution in [2.24, 2.45) is 0 Å². The molecule has 0 amide bonds. The number of aromatic nitrogens is 9. The highest BCUT2D eigenvalue weighted by Gasteiger charge is 2.22. The SMILES string of the molecule is c1ccc(-c2nc(-c3ccccc3)nc(-n3c4ccccc4c4ccc(-n5c6nc7ccccc7n6c6ccccc6n6c7ccccc7nc56)cc43)n2)cc1. The van der Waals surface area contributed by atoms with E-state index in [0.717, 1.165) is 83.3 Å². The molecule has 0 aliphatic rings. The van der Waals surface area contributed by atoms with Gasteiger partial charge >= 0.3 is 0 Å². The summed E-state index contributed by atoms with van der Waals surface area (Å²) in [6.07, 6.45) is 0. The summed E-state index contributed by atoms with van der Waals surface area (Å²) in [5.41, 5.74) is 10.5. The van der Waals surface area contributed by atoms with Crippen LogP contribution in [0.3, 0.4) is 0 Å². The summed E-state index contributed by atoms with van der Waals surface area (Å²) >= 11 is 0. The van der Waals surface area contributed by atoms with E-state index < -0.39 is 0 Å². The van der Waals surface area contributed by atoms with Gasteiger partial charge in [-0.3, -0.25) is 13.4 Å². The average molecular weight is 720 g/mol. The first-order valence-electron chi connectivity index (χ1n) is 18.5. The number of para-hydroxylation sites is 7. The van der Waals surface area contributed by atoms with Gasteiger partial charge in [-0.25, -0.2) is 19.5 Å². The lowest BCUT2D eigenvalue weighted by atomic mass is 10.1. The van der Waals surface area contributed by atoms with Gasteiger partial charge in [0.1, 0.15) is 0 Å². The number of imidazole rings is 2. The van der Waals surface area contributed by atoms with Crippen LogP contribution in [0.5, 0.6) is 0 Å². The number of hydrogen-bond acceptors (Lipinski definition) is 5. The Balaban J connectivity index is 1.23. The minimum absolute atomic E-state index is 0.531.